The first-order valence-corrected chi connectivity index (χ1v) is 5.17. The van der Waals surface area contributed by atoms with E-state index in [1.807, 2.05) is 0 Å². The number of aliphatic carboxylic acids is 1. The average Bonchev–Trinajstić information content (AvgIpc) is 2.28. The summed E-state index contributed by atoms with van der Waals surface area (Å²) in [4.78, 5) is 25.4. The van der Waals surface area contributed by atoms with E-state index in [2.05, 4.69) is 10.3 Å². The molecule has 0 radical (unpaired) electrons. The molecule has 6 nitrogen and oxygen atoms in total. The third-order valence-corrected chi connectivity index (χ3v) is 2.49. The van der Waals surface area contributed by atoms with Gasteiger partial charge in [-0.1, -0.05) is 23.2 Å². The lowest BCUT2D eigenvalue weighted by Gasteiger charge is -2.07. The summed E-state index contributed by atoms with van der Waals surface area (Å²) in [5.41, 5.74) is 0.122. The van der Waals surface area contributed by atoms with Gasteiger partial charge in [0.05, 0.1) is 17.1 Å². The first-order valence-electron chi connectivity index (χ1n) is 4.42. The number of halogens is 2. The van der Waals surface area contributed by atoms with Crippen molar-refractivity contribution in [1.82, 2.24) is 10.3 Å². The molecule has 0 saturated carbocycles. The Morgan fingerprint density at radius 3 is 2.65 bits per heavy atom. The van der Waals surface area contributed by atoms with E-state index in [0.29, 0.717) is 0 Å². The maximum atomic E-state index is 11.5. The smallest absolute Gasteiger partial charge is 0.334 e. The molecule has 0 saturated heterocycles. The molecule has 1 atom stereocenters. The van der Waals surface area contributed by atoms with Gasteiger partial charge in [-0.15, -0.1) is 0 Å². The van der Waals surface area contributed by atoms with Gasteiger partial charge in [0.2, 0.25) is 0 Å². The molecule has 3 N–H and O–H groups in total. The molecular formula is C9H8Cl2N2O4. The molecule has 0 aromatic carbocycles. The van der Waals surface area contributed by atoms with Crippen LogP contribution in [0.25, 0.3) is 0 Å². The minimum absolute atomic E-state index is 0.0637. The van der Waals surface area contributed by atoms with Crippen LogP contribution < -0.4 is 5.32 Å². The number of carboxylic acid groups (broad SMARTS) is 1. The van der Waals surface area contributed by atoms with Crippen LogP contribution in [0.3, 0.4) is 0 Å². The van der Waals surface area contributed by atoms with Crippen LogP contribution in [0.5, 0.6) is 0 Å². The second-order valence-electron chi connectivity index (χ2n) is 3.06. The fourth-order valence-electron chi connectivity index (χ4n) is 0.924. The van der Waals surface area contributed by atoms with E-state index in [1.54, 1.807) is 0 Å². The van der Waals surface area contributed by atoms with E-state index in [1.165, 1.54) is 12.3 Å². The fourth-order valence-corrected chi connectivity index (χ4v) is 1.19. The topological polar surface area (TPSA) is 99.5 Å². The number of hydrogen-bond donors (Lipinski definition) is 3. The van der Waals surface area contributed by atoms with Gasteiger partial charge >= 0.3 is 5.97 Å². The molecule has 17 heavy (non-hydrogen) atoms. The molecule has 1 heterocycles. The molecule has 1 aromatic heterocycles. The monoisotopic (exact) mass is 278 g/mol. The Labute approximate surface area is 106 Å². The van der Waals surface area contributed by atoms with Crippen molar-refractivity contribution in [2.75, 3.05) is 6.54 Å². The molecule has 0 bridgehead atoms. The van der Waals surface area contributed by atoms with E-state index in [9.17, 15) is 9.59 Å². The van der Waals surface area contributed by atoms with Crippen LogP contribution in [-0.2, 0) is 4.79 Å². The molecule has 0 fully saturated rings. The number of aromatic nitrogens is 1. The van der Waals surface area contributed by atoms with Crippen molar-refractivity contribution in [3.63, 3.8) is 0 Å². The Balaban J connectivity index is 2.64. The van der Waals surface area contributed by atoms with Crippen LogP contribution in [0.15, 0.2) is 12.3 Å². The second kappa shape index (κ2) is 5.81. The first kappa shape index (κ1) is 13.7. The van der Waals surface area contributed by atoms with Crippen molar-refractivity contribution >= 4 is 35.1 Å². The highest BCUT2D eigenvalue weighted by Gasteiger charge is 2.15. The van der Waals surface area contributed by atoms with E-state index in [-0.39, 0.29) is 15.7 Å². The van der Waals surface area contributed by atoms with Crippen molar-refractivity contribution in [3.05, 3.63) is 28.0 Å². The fraction of sp³-hybridized carbons (Fsp3) is 0.222. The number of hydrogen-bond acceptors (Lipinski definition) is 4. The molecule has 8 heteroatoms. The Kier molecular flexibility index (Phi) is 4.68. The highest BCUT2D eigenvalue weighted by Crippen LogP contribution is 2.19. The lowest BCUT2D eigenvalue weighted by molar-refractivity contribution is -0.146. The number of nitrogens with one attached hydrogen (secondary N) is 1. The predicted molar refractivity (Wildman–Crippen MR) is 60.2 cm³/mol. The van der Waals surface area contributed by atoms with Crippen molar-refractivity contribution in [2.24, 2.45) is 0 Å². The molecule has 0 aliphatic heterocycles. The lowest BCUT2D eigenvalue weighted by Crippen LogP contribution is -2.36. The molecule has 1 amide bonds. The van der Waals surface area contributed by atoms with Crippen LogP contribution in [0.1, 0.15) is 10.4 Å². The van der Waals surface area contributed by atoms with Crippen LogP contribution >= 0.6 is 23.2 Å². The molecule has 0 aliphatic carbocycles. The standard InChI is InChI=1S/C9H8Cl2N2O4/c10-5-1-4(2-12-7(5)11)8(15)13-3-6(14)9(16)17/h1-2,6,14H,3H2,(H,13,15)(H,16,17). The van der Waals surface area contributed by atoms with E-state index in [0.717, 1.165) is 0 Å². The van der Waals surface area contributed by atoms with Gasteiger partial charge < -0.3 is 15.5 Å². The van der Waals surface area contributed by atoms with Gasteiger partial charge in [-0.3, -0.25) is 4.79 Å². The second-order valence-corrected chi connectivity index (χ2v) is 3.83. The van der Waals surface area contributed by atoms with Crippen LogP contribution in [0.2, 0.25) is 10.2 Å². The zero-order valence-corrected chi connectivity index (χ0v) is 9.87. The van der Waals surface area contributed by atoms with E-state index < -0.39 is 24.5 Å². The van der Waals surface area contributed by atoms with E-state index in [4.69, 9.17) is 33.4 Å². The van der Waals surface area contributed by atoms with Crippen LogP contribution in [0, 0.1) is 0 Å². The minimum Gasteiger partial charge on any atom is -0.479 e. The molecule has 1 aromatic rings. The van der Waals surface area contributed by atoms with Crippen LogP contribution in [-0.4, -0.2) is 39.7 Å². The van der Waals surface area contributed by atoms with Gasteiger partial charge in [0, 0.05) is 6.20 Å². The number of carbonyl (C=O) groups excluding carboxylic acids is 1. The maximum absolute atomic E-state index is 11.5. The molecule has 0 aliphatic rings. The summed E-state index contributed by atoms with van der Waals surface area (Å²) in [6.45, 7) is -0.408. The number of nitrogens with zero attached hydrogens (tertiary/aromatic N) is 1. The predicted octanol–water partition coefficient (Wildman–Crippen LogP) is 0.564. The Morgan fingerprint density at radius 1 is 1.47 bits per heavy atom. The molecule has 0 spiro atoms. The third-order valence-electron chi connectivity index (χ3n) is 1.80. The Morgan fingerprint density at radius 2 is 2.12 bits per heavy atom. The highest BCUT2D eigenvalue weighted by atomic mass is 35.5. The SMILES string of the molecule is O=C(NCC(O)C(=O)O)c1cnc(Cl)c(Cl)c1. The zero-order chi connectivity index (χ0) is 13.0. The van der Waals surface area contributed by atoms with Gasteiger partial charge in [0.25, 0.3) is 5.91 Å². The summed E-state index contributed by atoms with van der Waals surface area (Å²) >= 11 is 11.2. The summed E-state index contributed by atoms with van der Waals surface area (Å²) in [6, 6.07) is 1.29. The number of aliphatic hydroxyl groups is 1. The van der Waals surface area contributed by atoms with Gasteiger partial charge in [-0.2, -0.15) is 0 Å². The van der Waals surface area contributed by atoms with Crippen molar-refractivity contribution in [2.45, 2.75) is 6.10 Å². The molecular weight excluding hydrogens is 271 g/mol. The van der Waals surface area contributed by atoms with Crippen molar-refractivity contribution in [1.29, 1.82) is 0 Å². The van der Waals surface area contributed by atoms with Gasteiger partial charge in [0.15, 0.2) is 6.10 Å². The maximum Gasteiger partial charge on any atom is 0.334 e. The van der Waals surface area contributed by atoms with E-state index >= 15 is 0 Å². The van der Waals surface area contributed by atoms with Gasteiger partial charge in [-0.25, -0.2) is 9.78 Å². The largest absolute Gasteiger partial charge is 0.479 e. The summed E-state index contributed by atoms with van der Waals surface area (Å²) in [7, 11) is 0. The number of carbonyl (C=O) groups is 2. The average molecular weight is 279 g/mol. The summed E-state index contributed by atoms with van der Waals surface area (Å²) in [6.07, 6.45) is -0.467. The van der Waals surface area contributed by atoms with Gasteiger partial charge in [0.1, 0.15) is 5.15 Å². The molecule has 92 valence electrons. The number of pyridine rings is 1. The highest BCUT2D eigenvalue weighted by molar-refractivity contribution is 6.41. The summed E-state index contributed by atoms with van der Waals surface area (Å²) < 4.78 is 0. The number of aliphatic hydroxyl groups excluding tert-OH is 1. The number of amides is 1. The van der Waals surface area contributed by atoms with Crippen molar-refractivity contribution < 1.29 is 19.8 Å². The molecule has 1 rings (SSSR count). The van der Waals surface area contributed by atoms with Crippen LogP contribution in [0.4, 0.5) is 0 Å². The lowest BCUT2D eigenvalue weighted by atomic mass is 10.2. The Bertz CT molecular complexity index is 453. The van der Waals surface area contributed by atoms with Gasteiger partial charge in [-0.05, 0) is 6.07 Å². The normalized spacial score (nSPS) is 11.9. The first-order chi connectivity index (χ1) is 7.91. The Hall–Kier alpha value is -1.37. The molecule has 1 unspecified atom stereocenters. The summed E-state index contributed by atoms with van der Waals surface area (Å²) in [5, 5.41) is 19.7. The number of carboxylic acids is 1. The zero-order valence-electron chi connectivity index (χ0n) is 8.35. The third kappa shape index (κ3) is 3.85. The quantitative estimate of drug-likeness (QED) is 0.699. The minimum atomic E-state index is -1.66. The number of rotatable bonds is 4. The summed E-state index contributed by atoms with van der Waals surface area (Å²) in [5.74, 6) is -2.02. The van der Waals surface area contributed by atoms with Crippen molar-refractivity contribution in [3.8, 4) is 0 Å².